The third-order valence-electron chi connectivity index (χ3n) is 6.39. The van der Waals surface area contributed by atoms with Crippen molar-refractivity contribution in [2.45, 2.75) is 52.0 Å². The quantitative estimate of drug-likeness (QED) is 0.197. The molecule has 0 saturated carbocycles. The van der Waals surface area contributed by atoms with E-state index in [1.165, 1.54) is 5.56 Å². The maximum absolute atomic E-state index is 13.2. The number of aryl methyl sites for hydroxylation is 1. The van der Waals surface area contributed by atoms with E-state index in [4.69, 9.17) is 4.74 Å². The minimum Gasteiger partial charge on any atom is -0.507 e. The van der Waals surface area contributed by atoms with Gasteiger partial charge < -0.3 is 19.6 Å². The zero-order valence-electron chi connectivity index (χ0n) is 21.4. The molecule has 0 spiro atoms. The summed E-state index contributed by atoms with van der Waals surface area (Å²) in [6.45, 7) is 6.11. The van der Waals surface area contributed by atoms with E-state index in [9.17, 15) is 14.7 Å². The summed E-state index contributed by atoms with van der Waals surface area (Å²) in [5.41, 5.74) is 2.63. The lowest BCUT2D eigenvalue weighted by Gasteiger charge is -2.26. The Bertz CT molecular complexity index is 1030. The molecular weight excluding hydrogens is 440 g/mol. The Labute approximate surface area is 209 Å². The lowest BCUT2D eigenvalue weighted by Crippen LogP contribution is -2.32. The van der Waals surface area contributed by atoms with Crippen molar-refractivity contribution in [2.75, 3.05) is 33.8 Å². The number of likely N-dealkylation sites (tertiary alicyclic amines) is 1. The molecule has 1 atom stereocenters. The van der Waals surface area contributed by atoms with Gasteiger partial charge in [0, 0.05) is 12.1 Å². The van der Waals surface area contributed by atoms with Crippen molar-refractivity contribution in [2.24, 2.45) is 0 Å². The largest absolute Gasteiger partial charge is 0.507 e. The van der Waals surface area contributed by atoms with Crippen LogP contribution in [-0.4, -0.2) is 60.4 Å². The number of carbonyl (C=O) groups excluding carboxylic acids is 2. The van der Waals surface area contributed by atoms with Gasteiger partial charge in [0.2, 0.25) is 0 Å². The molecule has 1 fully saturated rings. The van der Waals surface area contributed by atoms with E-state index < -0.39 is 17.7 Å². The average Bonchev–Trinajstić information content (AvgIpc) is 3.11. The highest BCUT2D eigenvalue weighted by molar-refractivity contribution is 6.46. The molecule has 1 heterocycles. The van der Waals surface area contributed by atoms with Crippen LogP contribution in [0.15, 0.2) is 54.1 Å². The van der Waals surface area contributed by atoms with Crippen LogP contribution in [0.3, 0.4) is 0 Å². The minimum atomic E-state index is -0.642. The summed E-state index contributed by atoms with van der Waals surface area (Å²) in [6.07, 6.45) is 4.87. The molecule has 3 rings (SSSR count). The van der Waals surface area contributed by atoms with Gasteiger partial charge in [-0.25, -0.2) is 0 Å². The first-order valence-electron chi connectivity index (χ1n) is 12.6. The molecular formula is C29H38N2O4. The lowest BCUT2D eigenvalue weighted by atomic mass is 9.94. The van der Waals surface area contributed by atoms with Gasteiger partial charge in [-0.3, -0.25) is 9.59 Å². The average molecular weight is 479 g/mol. The summed E-state index contributed by atoms with van der Waals surface area (Å²) in [6, 6.07) is 14.4. The molecule has 1 unspecified atom stereocenters. The van der Waals surface area contributed by atoms with Gasteiger partial charge >= 0.3 is 0 Å². The molecule has 1 N–H and O–H groups in total. The Balaban J connectivity index is 1.94. The lowest BCUT2D eigenvalue weighted by molar-refractivity contribution is -0.139. The Morgan fingerprint density at radius 3 is 2.26 bits per heavy atom. The summed E-state index contributed by atoms with van der Waals surface area (Å²) in [7, 11) is 3.96. The first-order valence-corrected chi connectivity index (χ1v) is 12.6. The van der Waals surface area contributed by atoms with Gasteiger partial charge in [-0.15, -0.1) is 0 Å². The van der Waals surface area contributed by atoms with Crippen LogP contribution in [0.2, 0.25) is 0 Å². The summed E-state index contributed by atoms with van der Waals surface area (Å²) in [5.74, 6) is -0.642. The Morgan fingerprint density at radius 2 is 1.66 bits per heavy atom. The number of aliphatic hydroxyl groups excluding tert-OH is 1. The number of hydrogen-bond donors (Lipinski definition) is 1. The van der Waals surface area contributed by atoms with Crippen LogP contribution in [0.5, 0.6) is 5.75 Å². The molecule has 0 aliphatic carbocycles. The van der Waals surface area contributed by atoms with Gasteiger partial charge in [0.25, 0.3) is 11.7 Å². The van der Waals surface area contributed by atoms with Crippen LogP contribution in [0.25, 0.3) is 5.76 Å². The highest BCUT2D eigenvalue weighted by Crippen LogP contribution is 2.39. The van der Waals surface area contributed by atoms with E-state index in [-0.39, 0.29) is 11.3 Å². The highest BCUT2D eigenvalue weighted by Gasteiger charge is 2.45. The smallest absolute Gasteiger partial charge is 0.295 e. The fourth-order valence-corrected chi connectivity index (χ4v) is 4.36. The van der Waals surface area contributed by atoms with Gasteiger partial charge in [0.05, 0.1) is 18.2 Å². The summed E-state index contributed by atoms with van der Waals surface area (Å²) in [5, 5.41) is 11.2. The van der Waals surface area contributed by atoms with Crippen LogP contribution >= 0.6 is 0 Å². The maximum Gasteiger partial charge on any atom is 0.295 e. The normalized spacial score (nSPS) is 17.4. The number of Topliss-reactive ketones (excluding diaryl/α,β-unsaturated/α-hetero) is 1. The van der Waals surface area contributed by atoms with Crippen LogP contribution in [0, 0.1) is 0 Å². The number of rotatable bonds is 12. The minimum absolute atomic E-state index is 0.140. The molecule has 35 heavy (non-hydrogen) atoms. The van der Waals surface area contributed by atoms with Crippen molar-refractivity contribution in [1.29, 1.82) is 0 Å². The number of aliphatic hydroxyl groups is 1. The van der Waals surface area contributed by atoms with Gasteiger partial charge in [-0.1, -0.05) is 51.0 Å². The van der Waals surface area contributed by atoms with E-state index >= 15 is 0 Å². The highest BCUT2D eigenvalue weighted by atomic mass is 16.5. The molecule has 6 nitrogen and oxygen atoms in total. The number of ether oxygens (including phenoxy) is 1. The Kier molecular flexibility index (Phi) is 9.49. The van der Waals surface area contributed by atoms with Crippen molar-refractivity contribution >= 4 is 17.4 Å². The number of unbranched alkanes of at least 4 members (excludes halogenated alkanes) is 2. The molecule has 1 aliphatic heterocycles. The van der Waals surface area contributed by atoms with Crippen molar-refractivity contribution in [3.05, 3.63) is 70.8 Å². The van der Waals surface area contributed by atoms with Crippen LogP contribution in [0.1, 0.15) is 62.3 Å². The second kappa shape index (κ2) is 12.5. The maximum atomic E-state index is 13.2. The third kappa shape index (κ3) is 6.51. The van der Waals surface area contributed by atoms with Crippen LogP contribution in [-0.2, 0) is 16.0 Å². The molecule has 0 bridgehead atoms. The number of nitrogens with zero attached hydrogens (tertiary/aromatic N) is 2. The second-order valence-electron chi connectivity index (χ2n) is 9.32. The van der Waals surface area contributed by atoms with E-state index in [0.717, 1.165) is 44.2 Å². The van der Waals surface area contributed by atoms with Gasteiger partial charge in [-0.05, 0) is 75.3 Å². The van der Waals surface area contributed by atoms with Crippen LogP contribution in [0.4, 0.5) is 0 Å². The zero-order valence-corrected chi connectivity index (χ0v) is 21.4. The molecule has 6 heteroatoms. The zero-order chi connectivity index (χ0) is 25.4. The summed E-state index contributed by atoms with van der Waals surface area (Å²) >= 11 is 0. The Hall–Kier alpha value is -3.12. The van der Waals surface area contributed by atoms with Crippen molar-refractivity contribution < 1.29 is 19.4 Å². The van der Waals surface area contributed by atoms with E-state index in [1.807, 2.05) is 43.3 Å². The van der Waals surface area contributed by atoms with Crippen LogP contribution < -0.4 is 4.74 Å². The first kappa shape index (κ1) is 26.5. The van der Waals surface area contributed by atoms with Crippen molar-refractivity contribution in [1.82, 2.24) is 9.80 Å². The van der Waals surface area contributed by atoms with Crippen molar-refractivity contribution in [3.8, 4) is 5.75 Å². The predicted molar refractivity (Wildman–Crippen MR) is 139 cm³/mol. The number of ketones is 1. The summed E-state index contributed by atoms with van der Waals surface area (Å²) < 4.78 is 5.77. The third-order valence-corrected chi connectivity index (χ3v) is 6.39. The molecule has 0 aromatic heterocycles. The number of benzene rings is 2. The molecule has 0 radical (unpaired) electrons. The molecule has 1 saturated heterocycles. The molecule has 2 aromatic rings. The molecule has 188 valence electrons. The van der Waals surface area contributed by atoms with E-state index in [1.54, 1.807) is 29.2 Å². The number of carbonyl (C=O) groups is 2. The standard InChI is InChI=1S/C29H38N2O4/c1-5-7-8-20-35-24-16-14-23(15-17-24)27(32)25-26(22-12-10-21(6-2)11-13-22)31(29(34)28(25)33)19-9-18-30(3)4/h10-17,26,32H,5-9,18-20H2,1-4H3/b27-25-. The SMILES string of the molecule is CCCCCOc1ccc(/C(O)=C2/C(=O)C(=O)N(CCCN(C)C)C2c2ccc(CC)cc2)cc1. The molecule has 1 aliphatic rings. The molecule has 2 aromatic carbocycles. The topological polar surface area (TPSA) is 70.1 Å². The fraction of sp³-hybridized carbons (Fsp3) is 0.448. The summed E-state index contributed by atoms with van der Waals surface area (Å²) in [4.78, 5) is 29.9. The number of hydrogen-bond acceptors (Lipinski definition) is 5. The van der Waals surface area contributed by atoms with Crippen molar-refractivity contribution in [3.63, 3.8) is 0 Å². The van der Waals surface area contributed by atoms with Gasteiger partial charge in [0.1, 0.15) is 11.5 Å². The van der Waals surface area contributed by atoms with E-state index in [0.29, 0.717) is 24.5 Å². The number of amides is 1. The fourth-order valence-electron chi connectivity index (χ4n) is 4.36. The first-order chi connectivity index (χ1) is 16.9. The predicted octanol–water partition coefficient (Wildman–Crippen LogP) is 5.19. The molecule has 1 amide bonds. The van der Waals surface area contributed by atoms with Gasteiger partial charge in [-0.2, -0.15) is 0 Å². The van der Waals surface area contributed by atoms with E-state index in [2.05, 4.69) is 13.8 Å². The second-order valence-corrected chi connectivity index (χ2v) is 9.32. The Morgan fingerprint density at radius 1 is 0.971 bits per heavy atom. The monoisotopic (exact) mass is 478 g/mol. The van der Waals surface area contributed by atoms with Gasteiger partial charge in [0.15, 0.2) is 0 Å².